The smallest absolute Gasteiger partial charge is 0.406 e. The molecular formula is C30H32N6O3. The highest BCUT2D eigenvalue weighted by molar-refractivity contribution is 5.90. The van der Waals surface area contributed by atoms with Crippen LogP contribution in [0.1, 0.15) is 24.0 Å². The Morgan fingerprint density at radius 2 is 1.92 bits per heavy atom. The summed E-state index contributed by atoms with van der Waals surface area (Å²) in [6, 6.07) is 18.3. The fourth-order valence-electron chi connectivity index (χ4n) is 5.05. The van der Waals surface area contributed by atoms with Gasteiger partial charge in [-0.3, -0.25) is 4.40 Å². The third-order valence-electron chi connectivity index (χ3n) is 7.08. The van der Waals surface area contributed by atoms with Crippen LogP contribution in [0.2, 0.25) is 0 Å². The molecule has 5 rings (SSSR count). The van der Waals surface area contributed by atoms with Gasteiger partial charge in [-0.15, -0.1) is 0 Å². The first kappa shape index (κ1) is 26.2. The Morgan fingerprint density at radius 1 is 1.15 bits per heavy atom. The van der Waals surface area contributed by atoms with Gasteiger partial charge in [0, 0.05) is 37.0 Å². The van der Waals surface area contributed by atoms with E-state index >= 15 is 0 Å². The Balaban J connectivity index is 1.50. The van der Waals surface area contributed by atoms with E-state index in [0.717, 1.165) is 53.1 Å². The number of alkyl carbamates (subject to hydrolysis) is 1. The number of rotatable bonds is 8. The molecule has 200 valence electrons. The molecule has 1 fully saturated rings. The van der Waals surface area contributed by atoms with Gasteiger partial charge in [0.25, 0.3) is 0 Å². The average molecular weight is 525 g/mol. The van der Waals surface area contributed by atoms with Gasteiger partial charge in [-0.25, -0.2) is 9.78 Å². The number of carbonyl (C=O) groups excluding carboxylic acids is 1. The van der Waals surface area contributed by atoms with E-state index < -0.39 is 6.09 Å². The lowest BCUT2D eigenvalue weighted by Gasteiger charge is -2.29. The highest BCUT2D eigenvalue weighted by Gasteiger charge is 2.22. The molecule has 4 aromatic rings. The van der Waals surface area contributed by atoms with Crippen LogP contribution >= 0.6 is 0 Å². The van der Waals surface area contributed by atoms with Gasteiger partial charge in [0.1, 0.15) is 0 Å². The number of methoxy groups -OCH3 is 1. The Kier molecular flexibility index (Phi) is 8.04. The quantitative estimate of drug-likeness (QED) is 0.360. The van der Waals surface area contributed by atoms with Crippen molar-refractivity contribution < 1.29 is 14.3 Å². The average Bonchev–Trinajstić information content (AvgIpc) is 3.46. The Hall–Kier alpha value is -4.42. The molecule has 1 saturated heterocycles. The monoisotopic (exact) mass is 524 g/mol. The summed E-state index contributed by atoms with van der Waals surface area (Å²) in [4.78, 5) is 23.4. The molecule has 0 aliphatic carbocycles. The molecule has 1 atom stereocenters. The second-order valence-corrected chi connectivity index (χ2v) is 9.87. The third kappa shape index (κ3) is 6.02. The number of amides is 1. The van der Waals surface area contributed by atoms with E-state index in [1.807, 2.05) is 47.0 Å². The Labute approximate surface area is 228 Å². The summed E-state index contributed by atoms with van der Waals surface area (Å²) in [6.07, 6.45) is 6.19. The van der Waals surface area contributed by atoms with Crippen LogP contribution in [0.3, 0.4) is 0 Å². The number of fused-ring (bicyclic) bond motifs is 1. The van der Waals surface area contributed by atoms with Crippen LogP contribution in [0.15, 0.2) is 60.9 Å². The van der Waals surface area contributed by atoms with E-state index in [9.17, 15) is 10.1 Å². The second kappa shape index (κ2) is 12.0. The highest BCUT2D eigenvalue weighted by Crippen LogP contribution is 2.36. The van der Waals surface area contributed by atoms with Crippen LogP contribution in [0.4, 0.5) is 4.79 Å². The van der Waals surface area contributed by atoms with Crippen molar-refractivity contribution in [2.45, 2.75) is 19.3 Å². The van der Waals surface area contributed by atoms with E-state index in [0.29, 0.717) is 37.1 Å². The van der Waals surface area contributed by atoms with Crippen molar-refractivity contribution in [1.82, 2.24) is 24.6 Å². The number of hydrogen-bond acceptors (Lipinski definition) is 7. The maximum atomic E-state index is 11.4. The predicted molar refractivity (Wildman–Crippen MR) is 148 cm³/mol. The third-order valence-corrected chi connectivity index (χ3v) is 7.08. The van der Waals surface area contributed by atoms with Crippen molar-refractivity contribution in [2.24, 2.45) is 5.92 Å². The Morgan fingerprint density at radius 3 is 2.64 bits per heavy atom. The summed E-state index contributed by atoms with van der Waals surface area (Å²) in [5.74, 6) is 0.448. The first-order chi connectivity index (χ1) is 19.1. The maximum Gasteiger partial charge on any atom is 0.406 e. The molecule has 39 heavy (non-hydrogen) atoms. The minimum Gasteiger partial charge on any atom is -0.464 e. The van der Waals surface area contributed by atoms with Gasteiger partial charge in [0.05, 0.1) is 36.6 Å². The molecule has 1 aliphatic heterocycles. The van der Waals surface area contributed by atoms with E-state index in [2.05, 4.69) is 28.1 Å². The van der Waals surface area contributed by atoms with Crippen LogP contribution in [-0.4, -0.2) is 65.8 Å². The van der Waals surface area contributed by atoms with Gasteiger partial charge in [-0.2, -0.15) is 10.2 Å². The molecule has 2 aromatic carbocycles. The SMILES string of the molecule is COC(=O)NCCc1ccc(-c2c(-c3ccc(C#N)cc3)nc(OC[C@@H]3CCCN(C)C3)n3ccnc23)cc1. The van der Waals surface area contributed by atoms with E-state index in [4.69, 9.17) is 14.7 Å². The van der Waals surface area contributed by atoms with E-state index in [1.165, 1.54) is 13.5 Å². The van der Waals surface area contributed by atoms with Crippen LogP contribution in [-0.2, 0) is 11.2 Å². The molecule has 1 N–H and O–H groups in total. The largest absolute Gasteiger partial charge is 0.464 e. The number of nitriles is 1. The molecule has 0 spiro atoms. The van der Waals surface area contributed by atoms with Crippen molar-refractivity contribution in [2.75, 3.05) is 40.4 Å². The zero-order valence-corrected chi connectivity index (χ0v) is 22.3. The van der Waals surface area contributed by atoms with Crippen molar-refractivity contribution in [3.63, 3.8) is 0 Å². The minimum absolute atomic E-state index is 0.440. The van der Waals surface area contributed by atoms with Gasteiger partial charge in [-0.1, -0.05) is 36.4 Å². The second-order valence-electron chi connectivity index (χ2n) is 9.87. The summed E-state index contributed by atoms with van der Waals surface area (Å²) in [7, 11) is 3.50. The van der Waals surface area contributed by atoms with Crippen molar-refractivity contribution in [3.8, 4) is 34.5 Å². The summed E-state index contributed by atoms with van der Waals surface area (Å²) in [6.45, 7) is 3.20. The van der Waals surface area contributed by atoms with Gasteiger partial charge in [0.2, 0.25) is 0 Å². The van der Waals surface area contributed by atoms with Crippen LogP contribution in [0.25, 0.3) is 28.0 Å². The molecule has 0 unspecified atom stereocenters. The number of likely N-dealkylation sites (tertiary alicyclic amines) is 1. The molecule has 1 amide bonds. The summed E-state index contributed by atoms with van der Waals surface area (Å²) in [5.41, 5.74) is 5.89. The van der Waals surface area contributed by atoms with Crippen molar-refractivity contribution in [3.05, 3.63) is 72.1 Å². The van der Waals surface area contributed by atoms with Crippen molar-refractivity contribution in [1.29, 1.82) is 5.26 Å². The molecule has 9 nitrogen and oxygen atoms in total. The van der Waals surface area contributed by atoms with E-state index in [-0.39, 0.29) is 0 Å². The predicted octanol–water partition coefficient (Wildman–Crippen LogP) is 4.55. The zero-order valence-electron chi connectivity index (χ0n) is 22.3. The number of ether oxygens (including phenoxy) is 2. The number of piperidine rings is 1. The molecule has 2 aromatic heterocycles. The first-order valence-electron chi connectivity index (χ1n) is 13.2. The lowest BCUT2D eigenvalue weighted by Crippen LogP contribution is -2.35. The lowest BCUT2D eigenvalue weighted by atomic mass is 9.98. The highest BCUT2D eigenvalue weighted by atomic mass is 16.5. The molecule has 0 radical (unpaired) electrons. The fraction of sp³-hybridized carbons (Fsp3) is 0.333. The number of nitrogens with zero attached hydrogens (tertiary/aromatic N) is 5. The first-order valence-corrected chi connectivity index (χ1v) is 13.2. The van der Waals surface area contributed by atoms with Crippen LogP contribution in [0.5, 0.6) is 6.01 Å². The summed E-state index contributed by atoms with van der Waals surface area (Å²) < 4.78 is 12.9. The fourth-order valence-corrected chi connectivity index (χ4v) is 5.05. The minimum atomic E-state index is -0.440. The molecular weight excluding hydrogens is 492 g/mol. The van der Waals surface area contributed by atoms with Crippen molar-refractivity contribution >= 4 is 11.7 Å². The van der Waals surface area contributed by atoms with Gasteiger partial charge >= 0.3 is 12.1 Å². The molecule has 9 heteroatoms. The number of benzene rings is 2. The van der Waals surface area contributed by atoms with Crippen LogP contribution < -0.4 is 10.1 Å². The zero-order chi connectivity index (χ0) is 27.2. The molecule has 1 aliphatic rings. The topological polar surface area (TPSA) is 105 Å². The number of aromatic nitrogens is 3. The number of imidazole rings is 1. The van der Waals surface area contributed by atoms with Gasteiger partial charge < -0.3 is 19.7 Å². The molecule has 0 saturated carbocycles. The summed E-state index contributed by atoms with van der Waals surface area (Å²) >= 11 is 0. The maximum absolute atomic E-state index is 11.4. The molecule has 0 bridgehead atoms. The van der Waals surface area contributed by atoms with Gasteiger partial charge in [-0.05, 0) is 56.1 Å². The standard InChI is InChI=1S/C30H32N6O3/c1-35-16-3-4-23(19-35)20-39-29-34-27(25-11-7-22(18-31)8-12-25)26(28-32-15-17-36(28)29)24-9-5-21(6-10-24)13-14-33-30(37)38-2/h5-12,15,17,23H,3-4,13-14,16,19-20H2,1-2H3,(H,33,37)/t23-/m1/s1. The van der Waals surface area contributed by atoms with Gasteiger partial charge in [0.15, 0.2) is 5.65 Å². The number of carbonyl (C=O) groups is 1. The Bertz CT molecular complexity index is 1470. The normalized spacial score (nSPS) is 15.6. The summed E-state index contributed by atoms with van der Waals surface area (Å²) in [5, 5.41) is 12.0. The van der Waals surface area contributed by atoms with Crippen LogP contribution in [0, 0.1) is 17.2 Å². The number of hydrogen-bond donors (Lipinski definition) is 1. The lowest BCUT2D eigenvalue weighted by molar-refractivity contribution is 0.143. The molecule has 3 heterocycles. The number of nitrogens with one attached hydrogen (secondary N) is 1. The van der Waals surface area contributed by atoms with E-state index in [1.54, 1.807) is 18.3 Å².